The predicted molar refractivity (Wildman–Crippen MR) is 88.4 cm³/mol. The Hall–Kier alpha value is -1.59. The van der Waals surface area contributed by atoms with Crippen LogP contribution in [0.2, 0.25) is 0 Å². The summed E-state index contributed by atoms with van der Waals surface area (Å²) in [7, 11) is 0. The first kappa shape index (κ1) is 16.3. The van der Waals surface area contributed by atoms with Crippen LogP contribution in [0.25, 0.3) is 0 Å². The van der Waals surface area contributed by atoms with Gasteiger partial charge < -0.3 is 20.1 Å². The molecule has 126 valence electrons. The van der Waals surface area contributed by atoms with E-state index in [1.165, 1.54) is 5.56 Å². The van der Waals surface area contributed by atoms with E-state index < -0.39 is 11.2 Å². The lowest BCUT2D eigenvalue weighted by atomic mass is 9.84. The summed E-state index contributed by atoms with van der Waals surface area (Å²) in [5, 5.41) is 6.52. The minimum absolute atomic E-state index is 0.0925. The van der Waals surface area contributed by atoms with Crippen molar-refractivity contribution in [1.29, 1.82) is 0 Å². The first-order valence-corrected chi connectivity index (χ1v) is 8.30. The zero-order chi connectivity index (χ0) is 16.5. The zero-order valence-electron chi connectivity index (χ0n) is 14.1. The molecule has 3 atom stereocenters. The minimum atomic E-state index is -0.501. The lowest BCUT2D eigenvalue weighted by molar-refractivity contribution is -0.0199. The van der Waals surface area contributed by atoms with E-state index >= 15 is 0 Å². The normalized spacial score (nSPS) is 30.0. The first-order chi connectivity index (χ1) is 10.9. The molecule has 3 rings (SSSR count). The fourth-order valence-corrected chi connectivity index (χ4v) is 3.60. The van der Waals surface area contributed by atoms with Crippen molar-refractivity contribution in [3.63, 3.8) is 0 Å². The van der Waals surface area contributed by atoms with E-state index in [-0.39, 0.29) is 18.2 Å². The third-order valence-corrected chi connectivity index (χ3v) is 4.54. The van der Waals surface area contributed by atoms with Gasteiger partial charge in [0, 0.05) is 25.6 Å². The van der Waals surface area contributed by atoms with Crippen LogP contribution in [0, 0.1) is 0 Å². The van der Waals surface area contributed by atoms with Crippen molar-refractivity contribution in [2.45, 2.75) is 56.9 Å². The summed E-state index contributed by atoms with van der Waals surface area (Å²) in [5.41, 5.74) is 0.329. The highest BCUT2D eigenvalue weighted by Crippen LogP contribution is 2.37. The van der Waals surface area contributed by atoms with Crippen LogP contribution >= 0.6 is 0 Å². The summed E-state index contributed by atoms with van der Waals surface area (Å²) < 4.78 is 11.6. The van der Waals surface area contributed by atoms with Crippen molar-refractivity contribution < 1.29 is 14.3 Å². The van der Waals surface area contributed by atoms with Crippen molar-refractivity contribution in [3.8, 4) is 0 Å². The number of rotatable bonds is 3. The number of hydrogen-bond donors (Lipinski definition) is 2. The standard InChI is InChI=1S/C18H26N2O3/c1-17(2,3)23-16(21)20-15-12-19-14-9-10-22-18(14,15)11-13-7-5-4-6-8-13/h4-8,14-15,19H,9-12H2,1-3H3,(H,20,21). The van der Waals surface area contributed by atoms with Gasteiger partial charge in [-0.05, 0) is 32.8 Å². The average Bonchev–Trinajstić information content (AvgIpc) is 2.98. The van der Waals surface area contributed by atoms with Crippen molar-refractivity contribution in [1.82, 2.24) is 10.6 Å². The summed E-state index contributed by atoms with van der Waals surface area (Å²) in [6.45, 7) is 7.03. The Bertz CT molecular complexity index is 555. The largest absolute Gasteiger partial charge is 0.444 e. The van der Waals surface area contributed by atoms with Gasteiger partial charge in [-0.3, -0.25) is 0 Å². The number of benzene rings is 1. The second-order valence-corrected chi connectivity index (χ2v) is 7.41. The molecule has 2 heterocycles. The number of carbonyl (C=O) groups excluding carboxylic acids is 1. The summed E-state index contributed by atoms with van der Waals surface area (Å²) >= 11 is 0. The molecule has 2 N–H and O–H groups in total. The van der Waals surface area contributed by atoms with Crippen molar-refractivity contribution in [3.05, 3.63) is 35.9 Å². The molecule has 0 aromatic heterocycles. The van der Waals surface area contributed by atoms with Crippen LogP contribution in [0.1, 0.15) is 32.8 Å². The van der Waals surface area contributed by atoms with E-state index in [9.17, 15) is 4.79 Å². The molecule has 0 radical (unpaired) electrons. The van der Waals surface area contributed by atoms with Gasteiger partial charge in [0.25, 0.3) is 0 Å². The number of ether oxygens (including phenoxy) is 2. The van der Waals surface area contributed by atoms with Crippen LogP contribution < -0.4 is 10.6 Å². The van der Waals surface area contributed by atoms with Gasteiger partial charge >= 0.3 is 6.09 Å². The molecule has 3 unspecified atom stereocenters. The highest BCUT2D eigenvalue weighted by Gasteiger charge is 2.55. The number of alkyl carbamates (subject to hydrolysis) is 1. The molecule has 1 aromatic carbocycles. The molecule has 23 heavy (non-hydrogen) atoms. The van der Waals surface area contributed by atoms with E-state index in [1.807, 2.05) is 39.0 Å². The Morgan fingerprint density at radius 1 is 1.39 bits per heavy atom. The maximum atomic E-state index is 12.2. The molecular weight excluding hydrogens is 292 g/mol. The Morgan fingerprint density at radius 2 is 2.13 bits per heavy atom. The second kappa shape index (κ2) is 6.13. The quantitative estimate of drug-likeness (QED) is 0.897. The maximum Gasteiger partial charge on any atom is 0.408 e. The van der Waals surface area contributed by atoms with Gasteiger partial charge in [0.05, 0.1) is 6.04 Å². The lowest BCUT2D eigenvalue weighted by Gasteiger charge is -2.35. The van der Waals surface area contributed by atoms with E-state index in [4.69, 9.17) is 9.47 Å². The molecule has 2 aliphatic rings. The van der Waals surface area contributed by atoms with Crippen LogP contribution in [0.3, 0.4) is 0 Å². The molecule has 2 aliphatic heterocycles. The smallest absolute Gasteiger partial charge is 0.408 e. The Balaban J connectivity index is 1.75. The van der Waals surface area contributed by atoms with E-state index in [2.05, 4.69) is 22.8 Å². The van der Waals surface area contributed by atoms with Crippen molar-refractivity contribution >= 4 is 6.09 Å². The molecule has 2 saturated heterocycles. The van der Waals surface area contributed by atoms with Crippen LogP contribution in [-0.2, 0) is 15.9 Å². The van der Waals surface area contributed by atoms with Crippen molar-refractivity contribution in [2.75, 3.05) is 13.2 Å². The third kappa shape index (κ3) is 3.51. The van der Waals surface area contributed by atoms with Gasteiger partial charge in [-0.15, -0.1) is 0 Å². The molecule has 5 nitrogen and oxygen atoms in total. The molecule has 5 heteroatoms. The van der Waals surface area contributed by atoms with Crippen LogP contribution in [-0.4, -0.2) is 42.5 Å². The number of nitrogens with one attached hydrogen (secondary N) is 2. The minimum Gasteiger partial charge on any atom is -0.444 e. The Kier molecular flexibility index (Phi) is 4.34. The van der Waals surface area contributed by atoms with Gasteiger partial charge in [-0.2, -0.15) is 0 Å². The Morgan fingerprint density at radius 3 is 2.83 bits per heavy atom. The SMILES string of the molecule is CC(C)(C)OC(=O)NC1CNC2CCOC21Cc1ccccc1. The number of fused-ring (bicyclic) bond motifs is 1. The Labute approximate surface area is 137 Å². The highest BCUT2D eigenvalue weighted by atomic mass is 16.6. The molecular formula is C18H26N2O3. The summed E-state index contributed by atoms with van der Waals surface area (Å²) in [4.78, 5) is 12.2. The average molecular weight is 318 g/mol. The second-order valence-electron chi connectivity index (χ2n) is 7.41. The van der Waals surface area contributed by atoms with E-state index in [1.54, 1.807) is 0 Å². The van der Waals surface area contributed by atoms with Crippen LogP contribution in [0.15, 0.2) is 30.3 Å². The van der Waals surface area contributed by atoms with Gasteiger partial charge in [0.2, 0.25) is 0 Å². The summed E-state index contributed by atoms with van der Waals surface area (Å²) in [5.74, 6) is 0. The van der Waals surface area contributed by atoms with Gasteiger partial charge in [-0.1, -0.05) is 30.3 Å². The van der Waals surface area contributed by atoms with E-state index in [0.717, 1.165) is 19.4 Å². The number of hydrogen-bond acceptors (Lipinski definition) is 4. The fourth-order valence-electron chi connectivity index (χ4n) is 3.60. The predicted octanol–water partition coefficient (Wildman–Crippen LogP) is 2.25. The van der Waals surface area contributed by atoms with Crippen LogP contribution in [0.4, 0.5) is 4.79 Å². The monoisotopic (exact) mass is 318 g/mol. The maximum absolute atomic E-state index is 12.2. The molecule has 0 aliphatic carbocycles. The third-order valence-electron chi connectivity index (χ3n) is 4.54. The molecule has 0 spiro atoms. The first-order valence-electron chi connectivity index (χ1n) is 8.30. The van der Waals surface area contributed by atoms with Crippen molar-refractivity contribution in [2.24, 2.45) is 0 Å². The van der Waals surface area contributed by atoms with E-state index in [0.29, 0.717) is 6.54 Å². The molecule has 1 aromatic rings. The fraction of sp³-hybridized carbons (Fsp3) is 0.611. The van der Waals surface area contributed by atoms with Gasteiger partial charge in [0.1, 0.15) is 11.2 Å². The lowest BCUT2D eigenvalue weighted by Crippen LogP contribution is -2.56. The topological polar surface area (TPSA) is 59.6 Å². The zero-order valence-corrected chi connectivity index (χ0v) is 14.1. The summed E-state index contributed by atoms with van der Waals surface area (Å²) in [6.07, 6.45) is 1.37. The van der Waals surface area contributed by atoms with Gasteiger partial charge in [-0.25, -0.2) is 4.79 Å². The number of carbonyl (C=O) groups is 1. The van der Waals surface area contributed by atoms with Crippen LogP contribution in [0.5, 0.6) is 0 Å². The van der Waals surface area contributed by atoms with Gasteiger partial charge in [0.15, 0.2) is 0 Å². The number of amides is 1. The molecule has 0 bridgehead atoms. The molecule has 1 amide bonds. The molecule has 0 saturated carbocycles. The highest BCUT2D eigenvalue weighted by molar-refractivity contribution is 5.68. The summed E-state index contributed by atoms with van der Waals surface area (Å²) in [6, 6.07) is 10.5. The molecule has 2 fully saturated rings.